The highest BCUT2D eigenvalue weighted by Gasteiger charge is 2.34. The van der Waals surface area contributed by atoms with E-state index < -0.39 is 5.97 Å². The molecule has 1 aliphatic rings. The Balaban J connectivity index is 1.98. The summed E-state index contributed by atoms with van der Waals surface area (Å²) in [4.78, 5) is 12.3. The Labute approximate surface area is 158 Å². The van der Waals surface area contributed by atoms with E-state index in [0.29, 0.717) is 11.3 Å². The summed E-state index contributed by atoms with van der Waals surface area (Å²) >= 11 is 0. The minimum absolute atomic E-state index is 0.338. The first-order chi connectivity index (χ1) is 13.0. The molecule has 0 aromatic heterocycles. The van der Waals surface area contributed by atoms with E-state index >= 15 is 0 Å². The van der Waals surface area contributed by atoms with E-state index in [2.05, 4.69) is 6.07 Å². The highest BCUT2D eigenvalue weighted by Crippen LogP contribution is 2.49. The Bertz CT molecular complexity index is 1050. The van der Waals surface area contributed by atoms with Crippen LogP contribution in [0.4, 0.5) is 0 Å². The first-order valence-corrected chi connectivity index (χ1v) is 8.92. The maximum Gasteiger partial charge on any atom is 0.332 e. The van der Waals surface area contributed by atoms with Crippen molar-refractivity contribution in [2.24, 2.45) is 0 Å². The van der Waals surface area contributed by atoms with Gasteiger partial charge in [0.2, 0.25) is 0 Å². The minimum Gasteiger partial charge on any atom is -0.478 e. The maximum absolute atomic E-state index is 12.3. The molecule has 0 saturated carbocycles. The predicted molar refractivity (Wildman–Crippen MR) is 106 cm³/mol. The molecular formula is C24H20O3. The molecule has 3 aromatic carbocycles. The third-order valence-electron chi connectivity index (χ3n) is 4.91. The summed E-state index contributed by atoms with van der Waals surface area (Å²) in [7, 11) is 0. The first kappa shape index (κ1) is 17.1. The average Bonchev–Trinajstić information content (AvgIpc) is 2.65. The number of ether oxygens (including phenoxy) is 1. The number of hydrogen-bond donors (Lipinski definition) is 1. The van der Waals surface area contributed by atoms with Crippen LogP contribution in [0.5, 0.6) is 11.5 Å². The molecule has 3 nitrogen and oxygen atoms in total. The number of rotatable bonds is 3. The van der Waals surface area contributed by atoms with Gasteiger partial charge < -0.3 is 9.84 Å². The summed E-state index contributed by atoms with van der Waals surface area (Å²) in [6.45, 7) is 4.03. The van der Waals surface area contributed by atoms with Gasteiger partial charge in [-0.05, 0) is 48.7 Å². The number of hydrogen-bond acceptors (Lipinski definition) is 2. The highest BCUT2D eigenvalue weighted by molar-refractivity contribution is 5.95. The molecule has 0 bridgehead atoms. The fourth-order valence-corrected chi connectivity index (χ4v) is 3.80. The minimum atomic E-state index is -0.925. The van der Waals surface area contributed by atoms with Crippen molar-refractivity contribution in [2.45, 2.75) is 19.8 Å². The monoisotopic (exact) mass is 356 g/mol. The average molecular weight is 356 g/mol. The van der Waals surface area contributed by atoms with Crippen LogP contribution in [0, 0.1) is 13.8 Å². The van der Waals surface area contributed by atoms with E-state index in [9.17, 15) is 9.90 Å². The molecular weight excluding hydrogens is 336 g/mol. The van der Waals surface area contributed by atoms with Gasteiger partial charge in [0.25, 0.3) is 0 Å². The normalized spacial score (nSPS) is 15.5. The number of aliphatic carboxylic acids is 1. The maximum atomic E-state index is 12.3. The molecule has 3 aromatic rings. The third-order valence-corrected chi connectivity index (χ3v) is 4.91. The molecule has 27 heavy (non-hydrogen) atoms. The van der Waals surface area contributed by atoms with Gasteiger partial charge in [-0.3, -0.25) is 0 Å². The highest BCUT2D eigenvalue weighted by atomic mass is 16.5. The van der Waals surface area contributed by atoms with E-state index in [1.807, 2.05) is 74.5 Å². The summed E-state index contributed by atoms with van der Waals surface area (Å²) in [5.41, 5.74) is 5.12. The second-order valence-corrected chi connectivity index (χ2v) is 6.88. The van der Waals surface area contributed by atoms with E-state index in [4.69, 9.17) is 4.74 Å². The molecule has 0 spiro atoms. The van der Waals surface area contributed by atoms with Crippen LogP contribution >= 0.6 is 0 Å². The van der Waals surface area contributed by atoms with Gasteiger partial charge in [0.05, 0.1) is 0 Å². The standard InChI is InChI=1S/C24H20O3/c1-15-12-16(2)22-21(13-15)27-20-11-7-6-10-18(20)23(22)19(24(25)26)14-17-8-4-3-5-9-17/h3-14,23H,1-2H3,(H,25,26). The van der Waals surface area contributed by atoms with Gasteiger partial charge in [0.15, 0.2) is 0 Å². The quantitative estimate of drug-likeness (QED) is 0.612. The van der Waals surface area contributed by atoms with Crippen molar-refractivity contribution in [3.8, 4) is 11.5 Å². The third kappa shape index (κ3) is 3.13. The fourth-order valence-electron chi connectivity index (χ4n) is 3.80. The molecule has 1 N–H and O–H groups in total. The summed E-state index contributed by atoms with van der Waals surface area (Å²) < 4.78 is 6.13. The van der Waals surface area contributed by atoms with Gasteiger partial charge in [-0.2, -0.15) is 0 Å². The van der Waals surface area contributed by atoms with Gasteiger partial charge in [0.1, 0.15) is 11.5 Å². The van der Waals surface area contributed by atoms with Gasteiger partial charge in [0, 0.05) is 22.6 Å². The Morgan fingerprint density at radius 2 is 1.67 bits per heavy atom. The zero-order valence-electron chi connectivity index (χ0n) is 15.3. The van der Waals surface area contributed by atoms with Crippen LogP contribution in [0.1, 0.15) is 33.7 Å². The lowest BCUT2D eigenvalue weighted by atomic mass is 9.79. The first-order valence-electron chi connectivity index (χ1n) is 8.92. The van der Waals surface area contributed by atoms with Crippen LogP contribution in [0.2, 0.25) is 0 Å². The molecule has 0 aliphatic carbocycles. The van der Waals surface area contributed by atoms with Crippen LogP contribution in [0.25, 0.3) is 6.08 Å². The van der Waals surface area contributed by atoms with E-state index in [1.54, 1.807) is 6.08 Å². The summed E-state index contributed by atoms with van der Waals surface area (Å²) in [5.74, 6) is 0.131. The molecule has 134 valence electrons. The molecule has 0 radical (unpaired) electrons. The second kappa shape index (κ2) is 6.76. The van der Waals surface area contributed by atoms with E-state index in [0.717, 1.165) is 33.6 Å². The number of benzene rings is 3. The smallest absolute Gasteiger partial charge is 0.332 e. The summed E-state index contributed by atoms with van der Waals surface area (Å²) in [5, 5.41) is 10.1. The van der Waals surface area contributed by atoms with Crippen LogP contribution < -0.4 is 4.74 Å². The Morgan fingerprint density at radius 1 is 0.963 bits per heavy atom. The van der Waals surface area contributed by atoms with Crippen molar-refractivity contribution in [3.05, 3.63) is 100 Å². The number of carbonyl (C=O) groups is 1. The van der Waals surface area contributed by atoms with E-state index in [1.165, 1.54) is 0 Å². The Kier molecular flexibility index (Phi) is 4.28. The fraction of sp³-hybridized carbons (Fsp3) is 0.125. The topological polar surface area (TPSA) is 46.5 Å². The van der Waals surface area contributed by atoms with Crippen LogP contribution in [-0.4, -0.2) is 11.1 Å². The van der Waals surface area contributed by atoms with Gasteiger partial charge in [-0.15, -0.1) is 0 Å². The van der Waals surface area contributed by atoms with Crippen LogP contribution in [0.3, 0.4) is 0 Å². The lowest BCUT2D eigenvalue weighted by Crippen LogP contribution is -2.18. The lowest BCUT2D eigenvalue weighted by molar-refractivity contribution is -0.132. The molecule has 0 saturated heterocycles. The van der Waals surface area contributed by atoms with Crippen molar-refractivity contribution in [1.82, 2.24) is 0 Å². The van der Waals surface area contributed by atoms with Gasteiger partial charge in [-0.1, -0.05) is 54.6 Å². The summed E-state index contributed by atoms with van der Waals surface area (Å²) in [6, 6.07) is 21.3. The molecule has 1 aliphatic heterocycles. The molecule has 1 atom stereocenters. The molecule has 3 heteroatoms. The zero-order valence-corrected chi connectivity index (χ0v) is 15.3. The number of fused-ring (bicyclic) bond motifs is 2. The van der Waals surface area contributed by atoms with Gasteiger partial charge in [-0.25, -0.2) is 4.79 Å². The van der Waals surface area contributed by atoms with E-state index in [-0.39, 0.29) is 5.92 Å². The largest absolute Gasteiger partial charge is 0.478 e. The van der Waals surface area contributed by atoms with Crippen molar-refractivity contribution in [1.29, 1.82) is 0 Å². The second-order valence-electron chi connectivity index (χ2n) is 6.88. The molecule has 1 heterocycles. The van der Waals surface area contributed by atoms with Crippen molar-refractivity contribution in [3.63, 3.8) is 0 Å². The Morgan fingerprint density at radius 3 is 2.41 bits per heavy atom. The lowest BCUT2D eigenvalue weighted by Gasteiger charge is -2.30. The zero-order chi connectivity index (χ0) is 19.0. The van der Waals surface area contributed by atoms with Gasteiger partial charge >= 0.3 is 5.97 Å². The summed E-state index contributed by atoms with van der Waals surface area (Å²) in [6.07, 6.45) is 1.76. The predicted octanol–water partition coefficient (Wildman–Crippen LogP) is 5.71. The number of carboxylic acids is 1. The molecule has 4 rings (SSSR count). The molecule has 0 fully saturated rings. The van der Waals surface area contributed by atoms with Crippen LogP contribution in [0.15, 0.2) is 72.3 Å². The number of carboxylic acid groups (broad SMARTS) is 1. The number of aryl methyl sites for hydroxylation is 2. The molecule has 1 unspecified atom stereocenters. The van der Waals surface area contributed by atoms with Crippen molar-refractivity contribution in [2.75, 3.05) is 0 Å². The van der Waals surface area contributed by atoms with Crippen LogP contribution in [-0.2, 0) is 4.79 Å². The Hall–Kier alpha value is -3.33. The number of para-hydroxylation sites is 1. The van der Waals surface area contributed by atoms with Crippen molar-refractivity contribution < 1.29 is 14.6 Å². The SMILES string of the molecule is Cc1cc(C)c2c(c1)Oc1ccccc1C2C(=Cc1ccccc1)C(=O)O. The molecule has 0 amide bonds. The van der Waals surface area contributed by atoms with Crippen molar-refractivity contribution >= 4 is 12.0 Å².